The van der Waals surface area contributed by atoms with Crippen LogP contribution in [0.5, 0.6) is 0 Å². The van der Waals surface area contributed by atoms with Crippen molar-refractivity contribution in [3.05, 3.63) is 29.8 Å². The lowest BCUT2D eigenvalue weighted by Gasteiger charge is -2.30. The molecule has 0 spiro atoms. The normalized spacial score (nSPS) is 23.4. The highest BCUT2D eigenvalue weighted by atomic mass is 16.2. The number of hydrogen-bond acceptors (Lipinski definition) is 2. The summed E-state index contributed by atoms with van der Waals surface area (Å²) >= 11 is 0. The smallest absolute Gasteiger partial charge is 0.227 e. The molecular formula is C16H22N2O. The molecule has 102 valence electrons. The topological polar surface area (TPSA) is 32.3 Å². The van der Waals surface area contributed by atoms with Crippen LogP contribution in [-0.2, 0) is 11.3 Å². The van der Waals surface area contributed by atoms with E-state index in [2.05, 4.69) is 24.4 Å². The molecule has 2 aliphatic rings. The first-order chi connectivity index (χ1) is 9.24. The molecule has 1 aromatic carbocycles. The Labute approximate surface area is 115 Å². The number of amides is 1. The Kier molecular flexibility index (Phi) is 3.56. The van der Waals surface area contributed by atoms with Gasteiger partial charge >= 0.3 is 0 Å². The van der Waals surface area contributed by atoms with Gasteiger partial charge in [0.1, 0.15) is 0 Å². The summed E-state index contributed by atoms with van der Waals surface area (Å²) in [7, 11) is 0. The van der Waals surface area contributed by atoms with Crippen molar-refractivity contribution in [1.29, 1.82) is 0 Å². The molecule has 0 bridgehead atoms. The van der Waals surface area contributed by atoms with E-state index < -0.39 is 0 Å². The lowest BCUT2D eigenvalue weighted by atomic mass is 9.82. The van der Waals surface area contributed by atoms with E-state index in [1.807, 2.05) is 17.0 Å². The zero-order valence-electron chi connectivity index (χ0n) is 11.6. The fourth-order valence-corrected chi connectivity index (χ4v) is 2.93. The first-order valence-electron chi connectivity index (χ1n) is 7.35. The van der Waals surface area contributed by atoms with Crippen molar-refractivity contribution in [3.63, 3.8) is 0 Å². The molecule has 1 unspecified atom stereocenters. The molecule has 3 heteroatoms. The summed E-state index contributed by atoms with van der Waals surface area (Å²) in [5, 5.41) is 3.47. The van der Waals surface area contributed by atoms with Crippen molar-refractivity contribution < 1.29 is 4.79 Å². The van der Waals surface area contributed by atoms with Crippen LogP contribution in [0.15, 0.2) is 24.3 Å². The van der Waals surface area contributed by atoms with Crippen LogP contribution in [0, 0.1) is 5.92 Å². The van der Waals surface area contributed by atoms with Gasteiger partial charge in [0.05, 0.1) is 0 Å². The van der Waals surface area contributed by atoms with Gasteiger partial charge in [-0.05, 0) is 37.3 Å². The van der Waals surface area contributed by atoms with Gasteiger partial charge in [-0.15, -0.1) is 0 Å². The summed E-state index contributed by atoms with van der Waals surface area (Å²) in [6.45, 7) is 3.78. The van der Waals surface area contributed by atoms with Gasteiger partial charge in [0.15, 0.2) is 0 Å². The second-order valence-electron chi connectivity index (χ2n) is 5.92. The zero-order chi connectivity index (χ0) is 13.2. The lowest BCUT2D eigenvalue weighted by Crippen LogP contribution is -2.40. The molecule has 1 amide bonds. The maximum atomic E-state index is 12.6. The van der Waals surface area contributed by atoms with Crippen LogP contribution < -0.4 is 10.2 Å². The number of rotatable bonds is 2. The third kappa shape index (κ3) is 2.66. The quantitative estimate of drug-likeness (QED) is 0.884. The molecule has 1 aliphatic carbocycles. The SMILES string of the molecule is CC1CN(C(=O)CC2CCC2)c2ccccc2CN1. The maximum Gasteiger partial charge on any atom is 0.227 e. The fraction of sp³-hybridized carbons (Fsp3) is 0.562. The summed E-state index contributed by atoms with van der Waals surface area (Å²) in [6, 6.07) is 8.61. The number of carbonyl (C=O) groups excluding carboxylic acids is 1. The highest BCUT2D eigenvalue weighted by Crippen LogP contribution is 2.31. The van der Waals surface area contributed by atoms with E-state index in [-0.39, 0.29) is 0 Å². The number of hydrogen-bond donors (Lipinski definition) is 1. The van der Waals surface area contributed by atoms with E-state index >= 15 is 0 Å². The van der Waals surface area contributed by atoms with Gasteiger partial charge in [-0.25, -0.2) is 0 Å². The van der Waals surface area contributed by atoms with E-state index in [0.29, 0.717) is 17.9 Å². The average molecular weight is 258 g/mol. The first kappa shape index (κ1) is 12.7. The molecule has 0 radical (unpaired) electrons. The molecule has 0 saturated heterocycles. The Balaban J connectivity index is 1.82. The van der Waals surface area contributed by atoms with E-state index in [4.69, 9.17) is 0 Å². The van der Waals surface area contributed by atoms with E-state index in [9.17, 15) is 4.79 Å². The number of nitrogens with one attached hydrogen (secondary N) is 1. The van der Waals surface area contributed by atoms with Crippen molar-refractivity contribution in [3.8, 4) is 0 Å². The van der Waals surface area contributed by atoms with Gasteiger partial charge in [0.25, 0.3) is 0 Å². The predicted molar refractivity (Wildman–Crippen MR) is 77.1 cm³/mol. The molecule has 1 atom stereocenters. The summed E-state index contributed by atoms with van der Waals surface area (Å²) in [6.07, 6.45) is 4.48. The van der Waals surface area contributed by atoms with Crippen LogP contribution in [0.1, 0.15) is 38.2 Å². The van der Waals surface area contributed by atoms with Gasteiger partial charge in [0.2, 0.25) is 5.91 Å². The van der Waals surface area contributed by atoms with Gasteiger partial charge in [-0.1, -0.05) is 24.6 Å². The molecule has 1 N–H and O–H groups in total. The van der Waals surface area contributed by atoms with Crippen LogP contribution in [0.4, 0.5) is 5.69 Å². The van der Waals surface area contributed by atoms with Crippen LogP contribution in [0.3, 0.4) is 0 Å². The molecular weight excluding hydrogens is 236 g/mol. The summed E-state index contributed by atoms with van der Waals surface area (Å²) in [5.41, 5.74) is 2.33. The second kappa shape index (κ2) is 5.33. The van der Waals surface area contributed by atoms with Crippen molar-refractivity contribution >= 4 is 11.6 Å². The number of para-hydroxylation sites is 1. The predicted octanol–water partition coefficient (Wildman–Crippen LogP) is 2.70. The summed E-state index contributed by atoms with van der Waals surface area (Å²) in [5.74, 6) is 0.930. The molecule has 1 heterocycles. The number of benzene rings is 1. The van der Waals surface area contributed by atoms with Gasteiger partial charge in [0, 0.05) is 31.2 Å². The molecule has 1 saturated carbocycles. The molecule has 1 aliphatic heterocycles. The van der Waals surface area contributed by atoms with Crippen LogP contribution in [0.25, 0.3) is 0 Å². The molecule has 3 nitrogen and oxygen atoms in total. The first-order valence-corrected chi connectivity index (χ1v) is 7.35. The molecule has 3 rings (SSSR count). The van der Waals surface area contributed by atoms with Gasteiger partial charge < -0.3 is 10.2 Å². The lowest BCUT2D eigenvalue weighted by molar-refractivity contribution is -0.120. The van der Waals surface area contributed by atoms with E-state index in [1.165, 1.54) is 24.8 Å². The third-order valence-corrected chi connectivity index (χ3v) is 4.37. The monoisotopic (exact) mass is 258 g/mol. The van der Waals surface area contributed by atoms with E-state index in [0.717, 1.165) is 25.2 Å². The van der Waals surface area contributed by atoms with Gasteiger partial charge in [-0.3, -0.25) is 4.79 Å². The minimum absolute atomic E-state index is 0.299. The number of anilines is 1. The Morgan fingerprint density at radius 1 is 1.37 bits per heavy atom. The number of nitrogens with zero attached hydrogens (tertiary/aromatic N) is 1. The van der Waals surface area contributed by atoms with Crippen molar-refractivity contribution in [2.24, 2.45) is 5.92 Å². The van der Waals surface area contributed by atoms with Crippen molar-refractivity contribution in [2.75, 3.05) is 11.4 Å². The molecule has 1 aromatic rings. The Morgan fingerprint density at radius 3 is 2.89 bits per heavy atom. The summed E-state index contributed by atoms with van der Waals surface area (Å²) in [4.78, 5) is 14.6. The zero-order valence-corrected chi connectivity index (χ0v) is 11.6. The maximum absolute atomic E-state index is 12.6. The van der Waals surface area contributed by atoms with Crippen molar-refractivity contribution in [2.45, 2.75) is 45.2 Å². The van der Waals surface area contributed by atoms with E-state index in [1.54, 1.807) is 0 Å². The minimum atomic E-state index is 0.299. The Morgan fingerprint density at radius 2 is 2.16 bits per heavy atom. The second-order valence-corrected chi connectivity index (χ2v) is 5.92. The Hall–Kier alpha value is -1.35. The molecule has 1 fully saturated rings. The highest BCUT2D eigenvalue weighted by molar-refractivity contribution is 5.94. The largest absolute Gasteiger partial charge is 0.311 e. The third-order valence-electron chi connectivity index (χ3n) is 4.37. The molecule has 0 aromatic heterocycles. The average Bonchev–Trinajstić information content (AvgIpc) is 2.54. The highest BCUT2D eigenvalue weighted by Gasteiger charge is 2.27. The summed E-state index contributed by atoms with van der Waals surface area (Å²) < 4.78 is 0. The molecule has 19 heavy (non-hydrogen) atoms. The minimum Gasteiger partial charge on any atom is -0.311 e. The van der Waals surface area contributed by atoms with Gasteiger partial charge in [-0.2, -0.15) is 0 Å². The fourth-order valence-electron chi connectivity index (χ4n) is 2.93. The number of carbonyl (C=O) groups is 1. The van der Waals surface area contributed by atoms with Crippen molar-refractivity contribution in [1.82, 2.24) is 5.32 Å². The van der Waals surface area contributed by atoms with Crippen LogP contribution >= 0.6 is 0 Å². The van der Waals surface area contributed by atoms with Crippen LogP contribution in [0.2, 0.25) is 0 Å². The number of fused-ring (bicyclic) bond motifs is 1. The standard InChI is InChI=1S/C16H22N2O/c1-12-11-18(16(19)9-13-5-4-6-13)15-8-3-2-7-14(15)10-17-12/h2-3,7-8,12-13,17H,4-6,9-11H2,1H3. The van der Waals surface area contributed by atoms with Crippen LogP contribution in [-0.4, -0.2) is 18.5 Å². The Bertz CT molecular complexity index is 468.